The van der Waals surface area contributed by atoms with Crippen LogP contribution in [-0.2, 0) is 6.54 Å². The van der Waals surface area contributed by atoms with Crippen LogP contribution in [0.4, 0.5) is 0 Å². The Bertz CT molecular complexity index is 1290. The standard InChI is InChI=1S/C23H21N5/c1-14-10-15(2)20(16(3)11-14)13-28-21-7-5-4-6-18(21)19-12-17(8-9-22(19)28)23-24-26-27-25-23/h4-12H,13H2,1-3H3,(H,24,25,26,27). The Morgan fingerprint density at radius 1 is 0.857 bits per heavy atom. The zero-order valence-electron chi connectivity index (χ0n) is 16.2. The highest BCUT2D eigenvalue weighted by atomic mass is 15.5. The van der Waals surface area contributed by atoms with Crippen molar-refractivity contribution < 1.29 is 0 Å². The van der Waals surface area contributed by atoms with E-state index in [1.165, 1.54) is 44.1 Å². The molecule has 1 N–H and O–H groups in total. The lowest BCUT2D eigenvalue weighted by molar-refractivity contribution is 0.852. The van der Waals surface area contributed by atoms with E-state index in [-0.39, 0.29) is 0 Å². The van der Waals surface area contributed by atoms with Crippen molar-refractivity contribution in [2.45, 2.75) is 27.3 Å². The first-order chi connectivity index (χ1) is 13.6. The molecule has 5 rings (SSSR count). The third kappa shape index (κ3) is 2.59. The highest BCUT2D eigenvalue weighted by molar-refractivity contribution is 6.09. The molecule has 0 aliphatic rings. The summed E-state index contributed by atoms with van der Waals surface area (Å²) in [5, 5.41) is 16.9. The van der Waals surface area contributed by atoms with Gasteiger partial charge in [0.1, 0.15) is 0 Å². The van der Waals surface area contributed by atoms with Gasteiger partial charge in [-0.2, -0.15) is 5.21 Å². The number of fused-ring (bicyclic) bond motifs is 3. The van der Waals surface area contributed by atoms with Crippen molar-refractivity contribution in [2.24, 2.45) is 0 Å². The van der Waals surface area contributed by atoms with E-state index in [1.807, 2.05) is 0 Å². The fraction of sp³-hybridized carbons (Fsp3) is 0.174. The SMILES string of the molecule is Cc1cc(C)c(Cn2c3ccccc3c3cc(-c4nn[nH]n4)ccc32)c(C)c1. The van der Waals surface area contributed by atoms with Crippen LogP contribution in [0, 0.1) is 20.8 Å². The normalized spacial score (nSPS) is 11.5. The van der Waals surface area contributed by atoms with Crippen LogP contribution in [0.25, 0.3) is 33.2 Å². The Morgan fingerprint density at radius 2 is 1.61 bits per heavy atom. The summed E-state index contributed by atoms with van der Waals surface area (Å²) in [6, 6.07) is 19.5. The molecule has 0 radical (unpaired) electrons. The van der Waals surface area contributed by atoms with E-state index in [2.05, 4.69) is 101 Å². The third-order valence-electron chi connectivity index (χ3n) is 5.53. The molecule has 0 unspecified atom stereocenters. The maximum absolute atomic E-state index is 4.13. The maximum Gasteiger partial charge on any atom is 0.204 e. The third-order valence-corrected chi connectivity index (χ3v) is 5.53. The van der Waals surface area contributed by atoms with Gasteiger partial charge in [0.2, 0.25) is 5.82 Å². The first-order valence-corrected chi connectivity index (χ1v) is 9.43. The minimum absolute atomic E-state index is 0.615. The molecule has 0 aliphatic carbocycles. The topological polar surface area (TPSA) is 59.4 Å². The van der Waals surface area contributed by atoms with Gasteiger partial charge in [0.25, 0.3) is 0 Å². The molecule has 2 aromatic heterocycles. The van der Waals surface area contributed by atoms with Gasteiger partial charge < -0.3 is 4.57 Å². The second-order valence-electron chi connectivity index (χ2n) is 7.45. The lowest BCUT2D eigenvalue weighted by Crippen LogP contribution is -2.04. The zero-order valence-corrected chi connectivity index (χ0v) is 16.2. The molecule has 5 nitrogen and oxygen atoms in total. The van der Waals surface area contributed by atoms with Gasteiger partial charge in [0.15, 0.2) is 0 Å². The molecule has 0 saturated heterocycles. The second-order valence-corrected chi connectivity index (χ2v) is 7.45. The van der Waals surface area contributed by atoms with Crippen LogP contribution in [-0.4, -0.2) is 25.2 Å². The monoisotopic (exact) mass is 367 g/mol. The van der Waals surface area contributed by atoms with Crippen molar-refractivity contribution in [3.05, 3.63) is 76.9 Å². The van der Waals surface area contributed by atoms with Gasteiger partial charge in [-0.1, -0.05) is 35.9 Å². The molecule has 138 valence electrons. The second kappa shape index (κ2) is 6.30. The van der Waals surface area contributed by atoms with Gasteiger partial charge in [-0.3, -0.25) is 0 Å². The first kappa shape index (κ1) is 16.7. The summed E-state index contributed by atoms with van der Waals surface area (Å²) in [6.07, 6.45) is 0. The summed E-state index contributed by atoms with van der Waals surface area (Å²) in [4.78, 5) is 0. The fourth-order valence-corrected chi connectivity index (χ4v) is 4.26. The minimum atomic E-state index is 0.615. The number of aryl methyl sites for hydroxylation is 3. The average Bonchev–Trinajstić information content (AvgIpc) is 3.31. The number of hydrogen-bond donors (Lipinski definition) is 1. The van der Waals surface area contributed by atoms with E-state index in [1.54, 1.807) is 0 Å². The minimum Gasteiger partial charge on any atom is -0.336 e. The van der Waals surface area contributed by atoms with Gasteiger partial charge >= 0.3 is 0 Å². The molecule has 0 bridgehead atoms. The van der Waals surface area contributed by atoms with E-state index in [0.717, 1.165) is 12.1 Å². The van der Waals surface area contributed by atoms with Crippen LogP contribution >= 0.6 is 0 Å². The zero-order chi connectivity index (χ0) is 19.3. The summed E-state index contributed by atoms with van der Waals surface area (Å²) in [6.45, 7) is 7.42. The summed E-state index contributed by atoms with van der Waals surface area (Å²) >= 11 is 0. The number of benzene rings is 3. The maximum atomic E-state index is 4.13. The first-order valence-electron chi connectivity index (χ1n) is 9.43. The summed E-state index contributed by atoms with van der Waals surface area (Å²) in [5.74, 6) is 0.615. The molecule has 28 heavy (non-hydrogen) atoms. The number of rotatable bonds is 3. The molecular formula is C23H21N5. The van der Waals surface area contributed by atoms with E-state index in [4.69, 9.17) is 0 Å². The fourth-order valence-electron chi connectivity index (χ4n) is 4.26. The van der Waals surface area contributed by atoms with Crippen LogP contribution in [0.15, 0.2) is 54.6 Å². The van der Waals surface area contributed by atoms with Gasteiger partial charge in [-0.15, -0.1) is 10.2 Å². The Hall–Kier alpha value is -3.47. The molecule has 0 atom stereocenters. The Balaban J connectivity index is 1.74. The summed E-state index contributed by atoms with van der Waals surface area (Å²) in [7, 11) is 0. The van der Waals surface area contributed by atoms with Crippen LogP contribution in [0.3, 0.4) is 0 Å². The molecule has 3 aromatic carbocycles. The van der Waals surface area contributed by atoms with E-state index >= 15 is 0 Å². The van der Waals surface area contributed by atoms with Gasteiger partial charge in [-0.05, 0) is 66.9 Å². The number of tetrazole rings is 1. The van der Waals surface area contributed by atoms with Crippen molar-refractivity contribution in [2.75, 3.05) is 0 Å². The molecular weight excluding hydrogens is 346 g/mol. The highest BCUT2D eigenvalue weighted by Gasteiger charge is 2.14. The van der Waals surface area contributed by atoms with Crippen LogP contribution in [0.1, 0.15) is 22.3 Å². The van der Waals surface area contributed by atoms with Crippen LogP contribution < -0.4 is 0 Å². The Kier molecular flexibility index (Phi) is 3.76. The molecule has 0 aliphatic heterocycles. The predicted octanol–water partition coefficient (Wildman–Crippen LogP) is 4.95. The molecule has 5 aromatic rings. The van der Waals surface area contributed by atoms with E-state index in [0.29, 0.717) is 5.82 Å². The molecule has 0 amide bonds. The number of hydrogen-bond acceptors (Lipinski definition) is 3. The van der Waals surface area contributed by atoms with Gasteiger partial charge in [-0.25, -0.2) is 0 Å². The van der Waals surface area contributed by atoms with Crippen molar-refractivity contribution >= 4 is 21.8 Å². The lowest BCUT2D eigenvalue weighted by Gasteiger charge is -2.14. The summed E-state index contributed by atoms with van der Waals surface area (Å²) in [5.41, 5.74) is 8.79. The number of nitrogens with zero attached hydrogens (tertiary/aromatic N) is 4. The van der Waals surface area contributed by atoms with Crippen LogP contribution in [0.5, 0.6) is 0 Å². The number of para-hydroxylation sites is 1. The Morgan fingerprint density at radius 3 is 2.36 bits per heavy atom. The van der Waals surface area contributed by atoms with Gasteiger partial charge in [0.05, 0.1) is 0 Å². The largest absolute Gasteiger partial charge is 0.336 e. The van der Waals surface area contributed by atoms with Crippen molar-refractivity contribution in [1.29, 1.82) is 0 Å². The summed E-state index contributed by atoms with van der Waals surface area (Å²) < 4.78 is 2.41. The molecule has 5 heteroatoms. The van der Waals surface area contributed by atoms with E-state index < -0.39 is 0 Å². The highest BCUT2D eigenvalue weighted by Crippen LogP contribution is 2.33. The van der Waals surface area contributed by atoms with Crippen LogP contribution in [0.2, 0.25) is 0 Å². The smallest absolute Gasteiger partial charge is 0.204 e. The van der Waals surface area contributed by atoms with Gasteiger partial charge in [0, 0.05) is 33.9 Å². The van der Waals surface area contributed by atoms with Crippen molar-refractivity contribution in [3.63, 3.8) is 0 Å². The number of H-pyrrole nitrogens is 1. The van der Waals surface area contributed by atoms with E-state index in [9.17, 15) is 0 Å². The number of nitrogens with one attached hydrogen (secondary N) is 1. The molecule has 2 heterocycles. The van der Waals surface area contributed by atoms with Crippen molar-refractivity contribution in [3.8, 4) is 11.4 Å². The quantitative estimate of drug-likeness (QED) is 0.491. The predicted molar refractivity (Wildman–Crippen MR) is 112 cm³/mol. The number of aromatic amines is 1. The lowest BCUT2D eigenvalue weighted by atomic mass is 9.99. The molecule has 0 saturated carbocycles. The molecule has 0 spiro atoms. The molecule has 0 fully saturated rings. The number of aromatic nitrogens is 5. The van der Waals surface area contributed by atoms with Crippen molar-refractivity contribution in [1.82, 2.24) is 25.2 Å². The Labute approximate surface area is 163 Å². The average molecular weight is 367 g/mol.